The second-order valence-corrected chi connectivity index (χ2v) is 6.08. The van der Waals surface area contributed by atoms with Gasteiger partial charge in [0.05, 0.1) is 19.3 Å². The molecule has 1 unspecified atom stereocenters. The fourth-order valence-corrected chi connectivity index (χ4v) is 3.40. The smallest absolute Gasteiger partial charge is 0.249 e. The normalized spacial score (nSPS) is 27.3. The van der Waals surface area contributed by atoms with Crippen molar-refractivity contribution in [1.82, 2.24) is 5.32 Å². The highest BCUT2D eigenvalue weighted by molar-refractivity contribution is 5.81. The van der Waals surface area contributed by atoms with Crippen LogP contribution >= 0.6 is 0 Å². The van der Waals surface area contributed by atoms with Gasteiger partial charge in [-0.3, -0.25) is 4.79 Å². The van der Waals surface area contributed by atoms with Crippen LogP contribution in [0.1, 0.15) is 42.9 Å². The summed E-state index contributed by atoms with van der Waals surface area (Å²) in [4.78, 5) is 12.4. The number of benzene rings is 1. The summed E-state index contributed by atoms with van der Waals surface area (Å²) >= 11 is 0. The summed E-state index contributed by atoms with van der Waals surface area (Å²) in [6.45, 7) is 0.482. The third-order valence-corrected chi connectivity index (χ3v) is 4.64. The van der Waals surface area contributed by atoms with Gasteiger partial charge in [-0.25, -0.2) is 0 Å². The van der Waals surface area contributed by atoms with Crippen LogP contribution in [0.25, 0.3) is 0 Å². The van der Waals surface area contributed by atoms with E-state index in [4.69, 9.17) is 15.2 Å². The molecular formula is C17H24N2O3. The van der Waals surface area contributed by atoms with E-state index in [1.807, 2.05) is 6.07 Å². The molecule has 5 heteroatoms. The van der Waals surface area contributed by atoms with Gasteiger partial charge in [-0.1, -0.05) is 6.07 Å². The monoisotopic (exact) mass is 304 g/mol. The largest absolute Gasteiger partial charge is 0.497 e. The lowest BCUT2D eigenvalue weighted by Crippen LogP contribution is -2.38. The lowest BCUT2D eigenvalue weighted by Gasteiger charge is -2.27. The van der Waals surface area contributed by atoms with Crippen LogP contribution in [0.5, 0.6) is 5.75 Å². The Balaban J connectivity index is 1.68. The van der Waals surface area contributed by atoms with Gasteiger partial charge in [-0.2, -0.15) is 0 Å². The number of aryl methyl sites for hydroxylation is 1. The first kappa shape index (κ1) is 15.3. The first-order valence-corrected chi connectivity index (χ1v) is 8.04. The van der Waals surface area contributed by atoms with Gasteiger partial charge in [0.1, 0.15) is 11.9 Å². The van der Waals surface area contributed by atoms with E-state index in [1.54, 1.807) is 7.11 Å². The number of carbonyl (C=O) groups is 1. The van der Waals surface area contributed by atoms with Gasteiger partial charge in [0.2, 0.25) is 5.91 Å². The minimum atomic E-state index is -0.350. The molecule has 1 aliphatic heterocycles. The van der Waals surface area contributed by atoms with Gasteiger partial charge in [-0.05, 0) is 55.4 Å². The number of fused-ring (bicyclic) bond motifs is 1. The van der Waals surface area contributed by atoms with Crippen molar-refractivity contribution in [1.29, 1.82) is 0 Å². The molecule has 0 saturated carbocycles. The fourth-order valence-electron chi connectivity index (χ4n) is 3.40. The third kappa shape index (κ3) is 3.10. The van der Waals surface area contributed by atoms with E-state index >= 15 is 0 Å². The van der Waals surface area contributed by atoms with E-state index in [9.17, 15) is 4.79 Å². The molecule has 0 radical (unpaired) electrons. The van der Waals surface area contributed by atoms with Crippen LogP contribution < -0.4 is 15.8 Å². The van der Waals surface area contributed by atoms with Crippen LogP contribution in [0.2, 0.25) is 0 Å². The first-order chi connectivity index (χ1) is 10.7. The zero-order valence-corrected chi connectivity index (χ0v) is 13.0. The van der Waals surface area contributed by atoms with E-state index in [0.29, 0.717) is 6.54 Å². The molecule has 3 rings (SSSR count). The van der Waals surface area contributed by atoms with Crippen molar-refractivity contribution in [2.24, 2.45) is 5.73 Å². The van der Waals surface area contributed by atoms with Gasteiger partial charge in [0.25, 0.3) is 0 Å². The summed E-state index contributed by atoms with van der Waals surface area (Å²) in [7, 11) is 1.68. The Bertz CT molecular complexity index is 547. The average molecular weight is 304 g/mol. The lowest BCUT2D eigenvalue weighted by molar-refractivity contribution is -0.132. The van der Waals surface area contributed by atoms with E-state index in [0.717, 1.165) is 37.9 Å². The van der Waals surface area contributed by atoms with Crippen LogP contribution in [0.15, 0.2) is 18.2 Å². The van der Waals surface area contributed by atoms with Gasteiger partial charge in [-0.15, -0.1) is 0 Å². The predicted molar refractivity (Wildman–Crippen MR) is 83.8 cm³/mol. The van der Waals surface area contributed by atoms with Crippen LogP contribution in [0.3, 0.4) is 0 Å². The van der Waals surface area contributed by atoms with E-state index < -0.39 is 0 Å². The number of methoxy groups -OCH3 is 1. The second-order valence-electron chi connectivity index (χ2n) is 6.08. The number of ether oxygens (including phenoxy) is 2. The predicted octanol–water partition coefficient (Wildman–Crippen LogP) is 1.70. The number of amides is 1. The first-order valence-electron chi connectivity index (χ1n) is 8.04. The van der Waals surface area contributed by atoms with Gasteiger partial charge >= 0.3 is 0 Å². The van der Waals surface area contributed by atoms with Crippen molar-refractivity contribution in [3.8, 4) is 5.75 Å². The number of nitrogens with two attached hydrogens (primary N) is 1. The number of nitrogens with one attached hydrogen (secondary N) is 1. The SMILES string of the molecule is COc1ccc2c(c1)CCCC2NC(=O)[C@@H]1CC[C@H](CN)O1. The van der Waals surface area contributed by atoms with Crippen LogP contribution in [0.4, 0.5) is 0 Å². The fraction of sp³-hybridized carbons (Fsp3) is 0.588. The molecule has 1 aliphatic carbocycles. The molecule has 1 aromatic carbocycles. The number of rotatable bonds is 4. The number of hydrogen-bond donors (Lipinski definition) is 2. The minimum absolute atomic E-state index is 0.00961. The molecule has 1 amide bonds. The molecule has 0 bridgehead atoms. The Morgan fingerprint density at radius 2 is 2.27 bits per heavy atom. The highest BCUT2D eigenvalue weighted by Gasteiger charge is 2.32. The van der Waals surface area contributed by atoms with Gasteiger partial charge in [0.15, 0.2) is 0 Å². The van der Waals surface area contributed by atoms with Crippen LogP contribution in [0, 0.1) is 0 Å². The Hall–Kier alpha value is -1.59. The van der Waals surface area contributed by atoms with Crippen molar-refractivity contribution >= 4 is 5.91 Å². The van der Waals surface area contributed by atoms with Crippen LogP contribution in [-0.4, -0.2) is 31.8 Å². The molecule has 3 atom stereocenters. The Morgan fingerprint density at radius 3 is 3.00 bits per heavy atom. The van der Waals surface area contributed by atoms with Crippen molar-refractivity contribution in [3.05, 3.63) is 29.3 Å². The molecule has 1 saturated heterocycles. The second kappa shape index (κ2) is 6.67. The summed E-state index contributed by atoms with van der Waals surface area (Å²) in [6.07, 6.45) is 4.38. The van der Waals surface area contributed by atoms with E-state index in [2.05, 4.69) is 17.4 Å². The van der Waals surface area contributed by atoms with E-state index in [-0.39, 0.29) is 24.2 Å². The molecule has 1 fully saturated rings. The number of hydrogen-bond acceptors (Lipinski definition) is 4. The summed E-state index contributed by atoms with van der Waals surface area (Å²) in [5.74, 6) is 0.861. The molecular weight excluding hydrogens is 280 g/mol. The molecule has 0 spiro atoms. The van der Waals surface area contributed by atoms with Crippen molar-refractivity contribution in [2.75, 3.05) is 13.7 Å². The highest BCUT2D eigenvalue weighted by atomic mass is 16.5. The van der Waals surface area contributed by atoms with Crippen LogP contribution in [-0.2, 0) is 16.0 Å². The maximum atomic E-state index is 12.4. The van der Waals surface area contributed by atoms with Crippen molar-refractivity contribution in [3.63, 3.8) is 0 Å². The molecule has 3 N–H and O–H groups in total. The quantitative estimate of drug-likeness (QED) is 0.888. The van der Waals surface area contributed by atoms with E-state index in [1.165, 1.54) is 11.1 Å². The molecule has 5 nitrogen and oxygen atoms in total. The lowest BCUT2D eigenvalue weighted by atomic mass is 9.87. The Kier molecular flexibility index (Phi) is 4.64. The highest BCUT2D eigenvalue weighted by Crippen LogP contribution is 2.32. The molecule has 22 heavy (non-hydrogen) atoms. The number of carbonyl (C=O) groups excluding carboxylic acids is 1. The topological polar surface area (TPSA) is 73.6 Å². The molecule has 0 aromatic heterocycles. The summed E-state index contributed by atoms with van der Waals surface area (Å²) < 4.78 is 11.0. The maximum Gasteiger partial charge on any atom is 0.249 e. The zero-order valence-electron chi connectivity index (χ0n) is 13.0. The molecule has 1 aromatic rings. The van der Waals surface area contributed by atoms with Crippen molar-refractivity contribution in [2.45, 2.75) is 50.4 Å². The maximum absolute atomic E-state index is 12.4. The standard InChI is InChI=1S/C17H24N2O3/c1-21-12-5-7-14-11(9-12)3-2-4-15(14)19-17(20)16-8-6-13(10-18)22-16/h5,7,9,13,15-16H,2-4,6,8,10,18H2,1H3,(H,19,20)/t13-,15?,16+/m1/s1. The third-order valence-electron chi connectivity index (χ3n) is 4.64. The average Bonchev–Trinajstić information content (AvgIpc) is 3.03. The summed E-state index contributed by atoms with van der Waals surface area (Å²) in [6, 6.07) is 6.17. The molecule has 1 heterocycles. The van der Waals surface area contributed by atoms with Gasteiger partial charge < -0.3 is 20.5 Å². The summed E-state index contributed by atoms with van der Waals surface area (Å²) in [5.41, 5.74) is 8.07. The Labute approximate surface area is 131 Å². The Morgan fingerprint density at radius 1 is 1.41 bits per heavy atom. The minimum Gasteiger partial charge on any atom is -0.497 e. The zero-order chi connectivity index (χ0) is 15.5. The molecule has 120 valence electrons. The van der Waals surface area contributed by atoms with Crippen molar-refractivity contribution < 1.29 is 14.3 Å². The summed E-state index contributed by atoms with van der Waals surface area (Å²) in [5, 5.41) is 3.15. The molecule has 2 aliphatic rings. The van der Waals surface area contributed by atoms with Gasteiger partial charge in [0, 0.05) is 6.54 Å².